The Labute approximate surface area is 170 Å². The van der Waals surface area contributed by atoms with Crippen molar-refractivity contribution >= 4 is 23.4 Å². The average molecular weight is 388 g/mol. The predicted octanol–water partition coefficient (Wildman–Crippen LogP) is 3.19. The molecule has 1 fully saturated rings. The first-order valence-corrected chi connectivity index (χ1v) is 9.72. The number of carbonyl (C=O) groups excluding carboxylic acids is 1. The average Bonchev–Trinajstić information content (AvgIpc) is 2.78. The molecule has 1 aliphatic heterocycles. The molecule has 29 heavy (non-hydrogen) atoms. The topological polar surface area (TPSA) is 74.2 Å². The SMILES string of the molecule is Cc1cccc(Nc2ncc(C(=O)N3CCN(c4ccccn4)CC3)cn2)c1C. The fourth-order valence-corrected chi connectivity index (χ4v) is 3.37. The lowest BCUT2D eigenvalue weighted by Gasteiger charge is -2.35. The van der Waals surface area contributed by atoms with Crippen molar-refractivity contribution in [3.8, 4) is 0 Å². The lowest BCUT2D eigenvalue weighted by atomic mass is 10.1. The number of anilines is 3. The zero-order chi connectivity index (χ0) is 20.2. The van der Waals surface area contributed by atoms with Crippen molar-refractivity contribution in [2.45, 2.75) is 13.8 Å². The summed E-state index contributed by atoms with van der Waals surface area (Å²) in [5.41, 5.74) is 3.83. The lowest BCUT2D eigenvalue weighted by Crippen LogP contribution is -2.49. The molecule has 3 aromatic rings. The molecule has 148 valence electrons. The maximum atomic E-state index is 12.8. The quantitative estimate of drug-likeness (QED) is 0.740. The van der Waals surface area contributed by atoms with E-state index in [0.717, 1.165) is 30.2 Å². The molecule has 0 unspecified atom stereocenters. The van der Waals surface area contributed by atoms with Crippen LogP contribution in [0.25, 0.3) is 0 Å². The highest BCUT2D eigenvalue weighted by Gasteiger charge is 2.23. The molecule has 0 saturated carbocycles. The van der Waals surface area contributed by atoms with Gasteiger partial charge in [0, 0.05) is 50.5 Å². The summed E-state index contributed by atoms with van der Waals surface area (Å²) in [6.07, 6.45) is 4.97. The Bertz CT molecular complexity index is 982. The molecular weight excluding hydrogens is 364 g/mol. The van der Waals surface area contributed by atoms with Gasteiger partial charge in [-0.3, -0.25) is 4.79 Å². The zero-order valence-corrected chi connectivity index (χ0v) is 16.7. The first-order valence-electron chi connectivity index (χ1n) is 9.72. The van der Waals surface area contributed by atoms with Crippen LogP contribution in [0.1, 0.15) is 21.5 Å². The number of aromatic nitrogens is 3. The molecule has 1 amide bonds. The third-order valence-electron chi connectivity index (χ3n) is 5.29. The number of piperazine rings is 1. The van der Waals surface area contributed by atoms with E-state index in [1.807, 2.05) is 35.2 Å². The van der Waals surface area contributed by atoms with Crippen molar-refractivity contribution in [2.24, 2.45) is 0 Å². The summed E-state index contributed by atoms with van der Waals surface area (Å²) < 4.78 is 0. The molecule has 0 aliphatic carbocycles. The first kappa shape index (κ1) is 18.9. The van der Waals surface area contributed by atoms with Gasteiger partial charge in [-0.15, -0.1) is 0 Å². The van der Waals surface area contributed by atoms with Gasteiger partial charge in [-0.2, -0.15) is 0 Å². The minimum atomic E-state index is -0.0380. The largest absolute Gasteiger partial charge is 0.353 e. The monoisotopic (exact) mass is 388 g/mol. The van der Waals surface area contributed by atoms with Crippen LogP contribution in [0.4, 0.5) is 17.5 Å². The van der Waals surface area contributed by atoms with Crippen molar-refractivity contribution in [3.63, 3.8) is 0 Å². The van der Waals surface area contributed by atoms with E-state index in [1.165, 1.54) is 5.56 Å². The number of carbonyl (C=O) groups is 1. The van der Waals surface area contributed by atoms with Crippen LogP contribution in [-0.4, -0.2) is 51.9 Å². The summed E-state index contributed by atoms with van der Waals surface area (Å²) in [5.74, 6) is 1.39. The number of aryl methyl sites for hydroxylation is 1. The van der Waals surface area contributed by atoms with Crippen LogP contribution in [0.15, 0.2) is 55.0 Å². The van der Waals surface area contributed by atoms with Crippen LogP contribution in [0.3, 0.4) is 0 Å². The van der Waals surface area contributed by atoms with Crippen molar-refractivity contribution in [2.75, 3.05) is 36.4 Å². The number of nitrogens with one attached hydrogen (secondary N) is 1. The normalized spacial score (nSPS) is 14.0. The van der Waals surface area contributed by atoms with E-state index in [2.05, 4.69) is 45.1 Å². The van der Waals surface area contributed by atoms with Gasteiger partial charge in [0.2, 0.25) is 5.95 Å². The van der Waals surface area contributed by atoms with Gasteiger partial charge >= 0.3 is 0 Å². The Morgan fingerprint density at radius 2 is 1.69 bits per heavy atom. The van der Waals surface area contributed by atoms with E-state index in [9.17, 15) is 4.79 Å². The summed E-state index contributed by atoms with van der Waals surface area (Å²) in [7, 11) is 0. The van der Waals surface area contributed by atoms with Crippen LogP contribution < -0.4 is 10.2 Å². The van der Waals surface area contributed by atoms with Crippen molar-refractivity contribution in [3.05, 3.63) is 71.7 Å². The molecule has 0 bridgehead atoms. The minimum absolute atomic E-state index is 0.0380. The highest BCUT2D eigenvalue weighted by atomic mass is 16.2. The second-order valence-electron chi connectivity index (χ2n) is 7.14. The lowest BCUT2D eigenvalue weighted by molar-refractivity contribution is 0.0745. The molecular formula is C22H24N6O. The summed E-state index contributed by atoms with van der Waals surface area (Å²) in [6, 6.07) is 11.9. The van der Waals surface area contributed by atoms with Gasteiger partial charge in [0.1, 0.15) is 5.82 Å². The summed E-state index contributed by atoms with van der Waals surface area (Å²) in [6.45, 7) is 6.94. The molecule has 2 aromatic heterocycles. The molecule has 7 heteroatoms. The third-order valence-corrected chi connectivity index (χ3v) is 5.29. The Morgan fingerprint density at radius 1 is 0.931 bits per heavy atom. The fraction of sp³-hybridized carbons (Fsp3) is 0.273. The minimum Gasteiger partial charge on any atom is -0.353 e. The Morgan fingerprint density at radius 3 is 2.38 bits per heavy atom. The van der Waals surface area contributed by atoms with Crippen LogP contribution in [-0.2, 0) is 0 Å². The number of rotatable bonds is 4. The molecule has 0 atom stereocenters. The van der Waals surface area contributed by atoms with E-state index < -0.39 is 0 Å². The van der Waals surface area contributed by atoms with Gasteiger partial charge in [0.25, 0.3) is 5.91 Å². The van der Waals surface area contributed by atoms with Crippen molar-refractivity contribution in [1.82, 2.24) is 19.9 Å². The molecule has 1 N–H and O–H groups in total. The number of nitrogens with zero attached hydrogens (tertiary/aromatic N) is 5. The smallest absolute Gasteiger partial charge is 0.257 e. The van der Waals surface area contributed by atoms with E-state index >= 15 is 0 Å². The van der Waals surface area contributed by atoms with E-state index in [-0.39, 0.29) is 5.91 Å². The maximum Gasteiger partial charge on any atom is 0.257 e. The molecule has 7 nitrogen and oxygen atoms in total. The zero-order valence-electron chi connectivity index (χ0n) is 16.7. The molecule has 3 heterocycles. The third kappa shape index (κ3) is 4.18. The van der Waals surface area contributed by atoms with E-state index in [4.69, 9.17) is 0 Å². The number of benzene rings is 1. The summed E-state index contributed by atoms with van der Waals surface area (Å²) in [4.78, 5) is 29.9. The van der Waals surface area contributed by atoms with Gasteiger partial charge in [-0.05, 0) is 43.2 Å². The Kier molecular flexibility index (Phi) is 5.37. The van der Waals surface area contributed by atoms with Crippen LogP contribution >= 0.6 is 0 Å². The molecule has 1 saturated heterocycles. The highest BCUT2D eigenvalue weighted by Crippen LogP contribution is 2.21. The predicted molar refractivity (Wildman–Crippen MR) is 114 cm³/mol. The second kappa shape index (κ2) is 8.26. The van der Waals surface area contributed by atoms with E-state index in [0.29, 0.717) is 24.6 Å². The number of pyridine rings is 1. The summed E-state index contributed by atoms with van der Waals surface area (Å²) in [5, 5.41) is 3.22. The molecule has 0 radical (unpaired) electrons. The van der Waals surface area contributed by atoms with E-state index in [1.54, 1.807) is 18.6 Å². The fourth-order valence-electron chi connectivity index (χ4n) is 3.37. The number of hydrogen-bond donors (Lipinski definition) is 1. The highest BCUT2D eigenvalue weighted by molar-refractivity contribution is 5.94. The standard InChI is InChI=1S/C22H24N6O/c1-16-6-5-7-19(17(16)2)26-22-24-14-18(15-25-22)21(29)28-12-10-27(11-13-28)20-8-3-4-9-23-20/h3-9,14-15H,10-13H2,1-2H3,(H,24,25,26). The number of amides is 1. The van der Waals surface area contributed by atoms with Crippen LogP contribution in [0.5, 0.6) is 0 Å². The Balaban J connectivity index is 1.38. The summed E-state index contributed by atoms with van der Waals surface area (Å²) >= 11 is 0. The van der Waals surface area contributed by atoms with Crippen LogP contribution in [0, 0.1) is 13.8 Å². The second-order valence-corrected chi connectivity index (χ2v) is 7.14. The molecule has 0 spiro atoms. The van der Waals surface area contributed by atoms with Gasteiger partial charge in [-0.25, -0.2) is 15.0 Å². The number of hydrogen-bond acceptors (Lipinski definition) is 6. The molecule has 1 aliphatic rings. The van der Waals surface area contributed by atoms with Crippen molar-refractivity contribution < 1.29 is 4.79 Å². The molecule has 1 aromatic carbocycles. The maximum absolute atomic E-state index is 12.8. The van der Waals surface area contributed by atoms with Gasteiger partial charge in [0.15, 0.2) is 0 Å². The first-order chi connectivity index (χ1) is 14.1. The van der Waals surface area contributed by atoms with Gasteiger partial charge in [-0.1, -0.05) is 18.2 Å². The molecule has 4 rings (SSSR count). The Hall–Kier alpha value is -3.48. The van der Waals surface area contributed by atoms with Gasteiger partial charge < -0.3 is 15.1 Å². The van der Waals surface area contributed by atoms with Crippen LogP contribution in [0.2, 0.25) is 0 Å². The van der Waals surface area contributed by atoms with Gasteiger partial charge in [0.05, 0.1) is 5.56 Å². The van der Waals surface area contributed by atoms with Crippen molar-refractivity contribution in [1.29, 1.82) is 0 Å².